The van der Waals surface area contributed by atoms with E-state index in [-0.39, 0.29) is 23.8 Å². The minimum atomic E-state index is -0.611. The minimum Gasteiger partial charge on any atom is -0.494 e. The molecule has 2 atom stereocenters. The summed E-state index contributed by atoms with van der Waals surface area (Å²) in [6.07, 6.45) is 2.71. The van der Waals surface area contributed by atoms with Crippen LogP contribution in [0.4, 0.5) is 9.18 Å². The maximum absolute atomic E-state index is 13.9. The lowest BCUT2D eigenvalue weighted by Crippen LogP contribution is -2.41. The van der Waals surface area contributed by atoms with Crippen molar-refractivity contribution in [2.45, 2.75) is 52.7 Å². The largest absolute Gasteiger partial charge is 0.494 e. The Hall–Kier alpha value is -2.82. The molecule has 1 aliphatic rings. The fourth-order valence-corrected chi connectivity index (χ4v) is 4.07. The zero-order valence-corrected chi connectivity index (χ0v) is 19.2. The van der Waals surface area contributed by atoms with Crippen LogP contribution in [0.15, 0.2) is 48.5 Å². The van der Waals surface area contributed by atoms with Crippen LogP contribution in [0.3, 0.4) is 0 Å². The molecule has 1 amide bonds. The third kappa shape index (κ3) is 5.46. The fraction of sp³-hybridized carbons (Fsp3) is 0.423. The number of ether oxygens (including phenoxy) is 2. The van der Waals surface area contributed by atoms with Gasteiger partial charge in [0.25, 0.3) is 0 Å². The number of fused-ring (bicyclic) bond motifs is 1. The predicted molar refractivity (Wildman–Crippen MR) is 122 cm³/mol. The predicted octanol–water partition coefficient (Wildman–Crippen LogP) is 6.41. The topological polar surface area (TPSA) is 38.8 Å². The highest BCUT2D eigenvalue weighted by atomic mass is 19.1. The molecule has 0 saturated heterocycles. The monoisotopic (exact) mass is 425 g/mol. The Balaban J connectivity index is 1.90. The molecule has 166 valence electrons. The van der Waals surface area contributed by atoms with Crippen LogP contribution in [0.2, 0.25) is 0 Å². The number of methoxy groups -OCH3 is 1. The number of halogens is 1. The Kier molecular flexibility index (Phi) is 6.73. The molecule has 1 aliphatic carbocycles. The molecule has 0 heterocycles. The maximum atomic E-state index is 13.9. The molecule has 3 rings (SSSR count). The average molecular weight is 426 g/mol. The molecular formula is C26H32FNO3. The van der Waals surface area contributed by atoms with Crippen LogP contribution < -0.4 is 4.74 Å². The van der Waals surface area contributed by atoms with E-state index in [0.29, 0.717) is 6.54 Å². The first-order chi connectivity index (χ1) is 14.6. The first kappa shape index (κ1) is 22.9. The van der Waals surface area contributed by atoms with Crippen LogP contribution in [0, 0.1) is 11.7 Å². The smallest absolute Gasteiger partial charge is 0.410 e. The Morgan fingerprint density at radius 2 is 1.94 bits per heavy atom. The zero-order chi connectivity index (χ0) is 22.8. The van der Waals surface area contributed by atoms with Crippen molar-refractivity contribution < 1.29 is 18.7 Å². The van der Waals surface area contributed by atoms with E-state index in [2.05, 4.69) is 25.1 Å². The van der Waals surface area contributed by atoms with Crippen LogP contribution in [0.5, 0.6) is 5.75 Å². The molecule has 2 aromatic rings. The lowest BCUT2D eigenvalue weighted by atomic mass is 9.85. The highest BCUT2D eigenvalue weighted by Gasteiger charge is 2.30. The lowest BCUT2D eigenvalue weighted by molar-refractivity contribution is 0.0150. The van der Waals surface area contributed by atoms with Crippen molar-refractivity contribution in [3.8, 4) is 5.75 Å². The van der Waals surface area contributed by atoms with Gasteiger partial charge in [0, 0.05) is 6.54 Å². The van der Waals surface area contributed by atoms with Gasteiger partial charge in [-0.15, -0.1) is 0 Å². The number of hydrogen-bond acceptors (Lipinski definition) is 3. The van der Waals surface area contributed by atoms with Gasteiger partial charge in [-0.1, -0.05) is 36.4 Å². The van der Waals surface area contributed by atoms with E-state index in [4.69, 9.17) is 9.47 Å². The second-order valence-corrected chi connectivity index (χ2v) is 9.17. The minimum absolute atomic E-state index is 0.159. The molecule has 0 radical (unpaired) electrons. The molecule has 0 unspecified atom stereocenters. The number of rotatable bonds is 5. The van der Waals surface area contributed by atoms with Gasteiger partial charge < -0.3 is 14.4 Å². The summed E-state index contributed by atoms with van der Waals surface area (Å²) in [5.41, 5.74) is 3.94. The standard InChI is InChI=1S/C26H32FNO3/c1-17-13-19(14-21-9-7-8-10-22(17)21)16-28(25(29)31-26(3,4)5)18(2)20-11-12-23(27)24(15-20)30-6/h7-13,15,18-19H,14,16H2,1-6H3/t18-,19+/m1/s1. The summed E-state index contributed by atoms with van der Waals surface area (Å²) in [5.74, 6) is -0.104. The SMILES string of the molecule is COc1cc([C@@H](C)N(C[C@H]2C=C(C)c3ccccc3C2)C(=O)OC(C)(C)C)ccc1F. The molecule has 2 aromatic carbocycles. The number of carbonyl (C=O) groups is 1. The normalized spacial score (nSPS) is 16.7. The fourth-order valence-electron chi connectivity index (χ4n) is 4.07. The molecule has 5 heteroatoms. The number of benzene rings is 2. The second kappa shape index (κ2) is 9.13. The van der Waals surface area contributed by atoms with E-state index in [1.807, 2.05) is 39.8 Å². The molecule has 0 spiro atoms. The van der Waals surface area contributed by atoms with Gasteiger partial charge in [0.2, 0.25) is 0 Å². The van der Waals surface area contributed by atoms with Gasteiger partial charge in [-0.05, 0) is 81.4 Å². The Morgan fingerprint density at radius 1 is 1.23 bits per heavy atom. The number of hydrogen-bond donors (Lipinski definition) is 0. The molecule has 0 aliphatic heterocycles. The summed E-state index contributed by atoms with van der Waals surface area (Å²) in [7, 11) is 1.44. The van der Waals surface area contributed by atoms with Gasteiger partial charge in [-0.25, -0.2) is 9.18 Å². The third-order valence-corrected chi connectivity index (χ3v) is 5.59. The van der Waals surface area contributed by atoms with E-state index in [1.54, 1.807) is 17.0 Å². The van der Waals surface area contributed by atoms with Gasteiger partial charge in [0.15, 0.2) is 11.6 Å². The van der Waals surface area contributed by atoms with Gasteiger partial charge in [-0.3, -0.25) is 0 Å². The van der Waals surface area contributed by atoms with Crippen LogP contribution in [-0.4, -0.2) is 30.2 Å². The van der Waals surface area contributed by atoms with Gasteiger partial charge in [-0.2, -0.15) is 0 Å². The second-order valence-electron chi connectivity index (χ2n) is 9.17. The Morgan fingerprint density at radius 3 is 2.61 bits per heavy atom. The summed E-state index contributed by atoms with van der Waals surface area (Å²) in [6, 6.07) is 12.8. The molecule has 31 heavy (non-hydrogen) atoms. The van der Waals surface area contributed by atoms with Crippen molar-refractivity contribution in [3.63, 3.8) is 0 Å². The quantitative estimate of drug-likeness (QED) is 0.556. The third-order valence-electron chi connectivity index (χ3n) is 5.59. The first-order valence-electron chi connectivity index (χ1n) is 10.7. The number of allylic oxidation sites excluding steroid dienone is 1. The van der Waals surface area contributed by atoms with Gasteiger partial charge >= 0.3 is 6.09 Å². The summed E-state index contributed by atoms with van der Waals surface area (Å²) < 4.78 is 24.8. The highest BCUT2D eigenvalue weighted by molar-refractivity contribution is 5.71. The van der Waals surface area contributed by atoms with Crippen LogP contribution >= 0.6 is 0 Å². The zero-order valence-electron chi connectivity index (χ0n) is 19.2. The van der Waals surface area contributed by atoms with Crippen LogP contribution in [0.25, 0.3) is 5.57 Å². The van der Waals surface area contributed by atoms with Crippen LogP contribution in [-0.2, 0) is 11.2 Å². The first-order valence-corrected chi connectivity index (χ1v) is 10.7. The summed E-state index contributed by atoms with van der Waals surface area (Å²) in [5, 5.41) is 0. The van der Waals surface area contributed by atoms with Crippen molar-refractivity contribution in [1.29, 1.82) is 0 Å². The molecular weight excluding hydrogens is 393 g/mol. The van der Waals surface area contributed by atoms with E-state index in [0.717, 1.165) is 12.0 Å². The lowest BCUT2D eigenvalue weighted by Gasteiger charge is -2.35. The average Bonchev–Trinajstić information content (AvgIpc) is 2.70. The summed E-state index contributed by atoms with van der Waals surface area (Å²) in [4.78, 5) is 14.9. The van der Waals surface area contributed by atoms with Crippen molar-refractivity contribution >= 4 is 11.7 Å². The molecule has 0 fully saturated rings. The van der Waals surface area contributed by atoms with Gasteiger partial charge in [0.1, 0.15) is 5.60 Å². The Bertz CT molecular complexity index is 977. The highest BCUT2D eigenvalue weighted by Crippen LogP contribution is 2.33. The molecule has 4 nitrogen and oxygen atoms in total. The van der Waals surface area contributed by atoms with E-state index >= 15 is 0 Å². The summed E-state index contributed by atoms with van der Waals surface area (Å²) in [6.45, 7) is 10.1. The summed E-state index contributed by atoms with van der Waals surface area (Å²) >= 11 is 0. The van der Waals surface area contributed by atoms with E-state index in [1.165, 1.54) is 29.9 Å². The van der Waals surface area contributed by atoms with Crippen molar-refractivity contribution in [2.75, 3.05) is 13.7 Å². The number of nitrogens with zero attached hydrogens (tertiary/aromatic N) is 1. The molecule has 0 N–H and O–H groups in total. The van der Waals surface area contributed by atoms with Crippen molar-refractivity contribution in [1.82, 2.24) is 4.90 Å². The molecule has 0 aromatic heterocycles. The molecule has 0 bridgehead atoms. The maximum Gasteiger partial charge on any atom is 0.410 e. The van der Waals surface area contributed by atoms with Crippen molar-refractivity contribution in [2.24, 2.45) is 5.92 Å². The van der Waals surface area contributed by atoms with E-state index in [9.17, 15) is 9.18 Å². The number of amides is 1. The van der Waals surface area contributed by atoms with Gasteiger partial charge in [0.05, 0.1) is 13.2 Å². The number of carbonyl (C=O) groups excluding carboxylic acids is 1. The van der Waals surface area contributed by atoms with Crippen molar-refractivity contribution in [3.05, 3.63) is 71.0 Å². The Labute approximate surface area is 184 Å². The molecule has 0 saturated carbocycles. The van der Waals surface area contributed by atoms with E-state index < -0.39 is 11.4 Å². The van der Waals surface area contributed by atoms with Crippen LogP contribution in [0.1, 0.15) is 57.4 Å².